The van der Waals surface area contributed by atoms with Gasteiger partial charge in [0.05, 0.1) is 11.8 Å². The molecule has 0 saturated heterocycles. The Morgan fingerprint density at radius 1 is 1.22 bits per heavy atom. The summed E-state index contributed by atoms with van der Waals surface area (Å²) >= 11 is 2.94. The van der Waals surface area contributed by atoms with E-state index in [2.05, 4.69) is 53.6 Å². The second-order valence-electron chi connectivity index (χ2n) is 6.00. The summed E-state index contributed by atoms with van der Waals surface area (Å²) in [5, 5.41) is 11.9. The van der Waals surface area contributed by atoms with E-state index >= 15 is 0 Å². The first kappa shape index (κ1) is 17.9. The van der Waals surface area contributed by atoms with Crippen LogP contribution in [-0.4, -0.2) is 21.9 Å². The van der Waals surface area contributed by atoms with Crippen molar-refractivity contribution in [2.45, 2.75) is 44.5 Å². The van der Waals surface area contributed by atoms with Gasteiger partial charge in [0.25, 0.3) is 0 Å². The van der Waals surface area contributed by atoms with Crippen molar-refractivity contribution in [1.82, 2.24) is 15.5 Å². The number of amides is 1. The first-order chi connectivity index (χ1) is 10.9. The molecule has 1 amide bonds. The zero-order valence-corrected chi connectivity index (χ0v) is 15.6. The molecule has 2 rings (SSSR count). The van der Waals surface area contributed by atoms with Gasteiger partial charge in [0.15, 0.2) is 4.34 Å². The zero-order valence-electron chi connectivity index (χ0n) is 14.0. The number of benzene rings is 1. The van der Waals surface area contributed by atoms with Gasteiger partial charge < -0.3 is 5.32 Å². The van der Waals surface area contributed by atoms with Gasteiger partial charge in [0, 0.05) is 0 Å². The van der Waals surface area contributed by atoms with E-state index in [0.717, 1.165) is 21.3 Å². The quantitative estimate of drug-likeness (QED) is 0.767. The number of hydrogen-bond acceptors (Lipinski definition) is 5. The average Bonchev–Trinajstić information content (AvgIpc) is 2.91. The van der Waals surface area contributed by atoms with Crippen molar-refractivity contribution in [2.24, 2.45) is 5.92 Å². The molecule has 6 heteroatoms. The van der Waals surface area contributed by atoms with Gasteiger partial charge >= 0.3 is 0 Å². The molecule has 0 aliphatic carbocycles. The minimum Gasteiger partial charge on any atom is -0.349 e. The Morgan fingerprint density at radius 3 is 2.48 bits per heavy atom. The summed E-state index contributed by atoms with van der Waals surface area (Å²) in [4.78, 5) is 12.0. The zero-order chi connectivity index (χ0) is 16.8. The highest BCUT2D eigenvalue weighted by Gasteiger charge is 2.11. The number of carbonyl (C=O) groups excluding carboxylic acids is 1. The molecule has 0 bridgehead atoms. The highest BCUT2D eigenvalue weighted by molar-refractivity contribution is 8.01. The third-order valence-electron chi connectivity index (χ3n) is 3.34. The van der Waals surface area contributed by atoms with Crippen LogP contribution in [0.5, 0.6) is 0 Å². The van der Waals surface area contributed by atoms with Crippen LogP contribution in [0.25, 0.3) is 0 Å². The molecule has 1 heterocycles. The second-order valence-corrected chi connectivity index (χ2v) is 8.41. The maximum absolute atomic E-state index is 12.0. The van der Waals surface area contributed by atoms with Crippen molar-refractivity contribution < 1.29 is 4.79 Å². The Hall–Kier alpha value is -1.40. The van der Waals surface area contributed by atoms with Gasteiger partial charge in [-0.25, -0.2) is 0 Å². The molecule has 1 aromatic carbocycles. The van der Waals surface area contributed by atoms with E-state index in [1.807, 2.05) is 13.8 Å². The molecule has 0 saturated carbocycles. The summed E-state index contributed by atoms with van der Waals surface area (Å²) in [6.07, 6.45) is 1.08. The molecule has 124 valence electrons. The predicted octanol–water partition coefficient (Wildman–Crippen LogP) is 4.01. The number of hydrogen-bond donors (Lipinski definition) is 1. The Bertz CT molecular complexity index is 638. The van der Waals surface area contributed by atoms with Crippen molar-refractivity contribution in [3.63, 3.8) is 0 Å². The molecule has 23 heavy (non-hydrogen) atoms. The SMILES string of the molecule is Cc1nnc(SCC(=O)N[C@H](C)c2ccc(CC(C)C)cc2)s1. The number of thioether (sulfide) groups is 1. The lowest BCUT2D eigenvalue weighted by Gasteiger charge is -2.15. The van der Waals surface area contributed by atoms with Gasteiger partial charge in [-0.05, 0) is 37.3 Å². The summed E-state index contributed by atoms with van der Waals surface area (Å²) in [6, 6.07) is 8.51. The van der Waals surface area contributed by atoms with E-state index in [9.17, 15) is 4.79 Å². The lowest BCUT2D eigenvalue weighted by molar-refractivity contribution is -0.119. The third-order valence-corrected chi connectivity index (χ3v) is 5.31. The predicted molar refractivity (Wildman–Crippen MR) is 96.9 cm³/mol. The van der Waals surface area contributed by atoms with Crippen LogP contribution in [0.1, 0.15) is 42.9 Å². The summed E-state index contributed by atoms with van der Waals surface area (Å²) in [5.41, 5.74) is 2.46. The third kappa shape index (κ3) is 5.95. The molecule has 1 atom stereocenters. The summed E-state index contributed by atoms with van der Waals surface area (Å²) in [7, 11) is 0. The molecule has 0 spiro atoms. The van der Waals surface area contributed by atoms with Crippen LogP contribution in [0.2, 0.25) is 0 Å². The number of nitrogens with one attached hydrogen (secondary N) is 1. The summed E-state index contributed by atoms with van der Waals surface area (Å²) in [5.74, 6) is 1.03. The average molecular weight is 350 g/mol. The number of aromatic nitrogens is 2. The monoisotopic (exact) mass is 349 g/mol. The van der Waals surface area contributed by atoms with Crippen LogP contribution < -0.4 is 5.32 Å². The number of nitrogens with zero attached hydrogens (tertiary/aromatic N) is 2. The molecule has 1 N–H and O–H groups in total. The maximum Gasteiger partial charge on any atom is 0.230 e. The van der Waals surface area contributed by atoms with Crippen molar-refractivity contribution >= 4 is 29.0 Å². The van der Waals surface area contributed by atoms with E-state index in [1.54, 1.807) is 0 Å². The second kappa shape index (κ2) is 8.45. The van der Waals surface area contributed by atoms with E-state index < -0.39 is 0 Å². The number of rotatable bonds is 7. The lowest BCUT2D eigenvalue weighted by Crippen LogP contribution is -2.28. The van der Waals surface area contributed by atoms with Gasteiger partial charge in [-0.3, -0.25) is 4.79 Å². The molecule has 1 aromatic heterocycles. The largest absolute Gasteiger partial charge is 0.349 e. The van der Waals surface area contributed by atoms with Crippen molar-refractivity contribution in [3.05, 3.63) is 40.4 Å². The van der Waals surface area contributed by atoms with Crippen molar-refractivity contribution in [3.8, 4) is 0 Å². The summed E-state index contributed by atoms with van der Waals surface area (Å²) < 4.78 is 0.836. The number of aryl methyl sites for hydroxylation is 1. The maximum atomic E-state index is 12.0. The molecule has 0 radical (unpaired) electrons. The fourth-order valence-electron chi connectivity index (χ4n) is 2.24. The van der Waals surface area contributed by atoms with E-state index in [4.69, 9.17) is 0 Å². The normalized spacial score (nSPS) is 12.4. The fraction of sp³-hybridized carbons (Fsp3) is 0.471. The van der Waals surface area contributed by atoms with Crippen LogP contribution in [0, 0.1) is 12.8 Å². The Labute approximate surface area is 146 Å². The molecule has 0 fully saturated rings. The standard InChI is InChI=1S/C17H23N3OS2/c1-11(2)9-14-5-7-15(8-6-14)12(3)18-16(21)10-22-17-20-19-13(4)23-17/h5-8,11-12H,9-10H2,1-4H3,(H,18,21)/t12-/m1/s1. The van der Waals surface area contributed by atoms with Crippen LogP contribution in [-0.2, 0) is 11.2 Å². The van der Waals surface area contributed by atoms with Crippen LogP contribution >= 0.6 is 23.1 Å². The minimum atomic E-state index is 0.00681. The van der Waals surface area contributed by atoms with Gasteiger partial charge in [0.1, 0.15) is 5.01 Å². The molecule has 2 aromatic rings. The fourth-order valence-corrected chi connectivity index (χ4v) is 3.87. The molecular weight excluding hydrogens is 326 g/mol. The van der Waals surface area contributed by atoms with E-state index in [-0.39, 0.29) is 11.9 Å². The lowest BCUT2D eigenvalue weighted by atomic mass is 10.00. The molecule has 4 nitrogen and oxygen atoms in total. The Balaban J connectivity index is 1.83. The first-order valence-corrected chi connectivity index (χ1v) is 9.55. The van der Waals surface area contributed by atoms with Crippen molar-refractivity contribution in [2.75, 3.05) is 5.75 Å². The van der Waals surface area contributed by atoms with Crippen LogP contribution in [0.4, 0.5) is 0 Å². The topological polar surface area (TPSA) is 54.9 Å². The highest BCUT2D eigenvalue weighted by atomic mass is 32.2. The van der Waals surface area contributed by atoms with Gasteiger partial charge in [-0.1, -0.05) is 61.2 Å². The molecular formula is C17H23N3OS2. The molecule has 0 aliphatic heterocycles. The molecule has 0 unspecified atom stereocenters. The smallest absolute Gasteiger partial charge is 0.230 e. The Kier molecular flexibility index (Phi) is 6.59. The molecule has 0 aliphatic rings. The van der Waals surface area contributed by atoms with Gasteiger partial charge in [-0.15, -0.1) is 10.2 Å². The minimum absolute atomic E-state index is 0.00681. The van der Waals surface area contributed by atoms with Gasteiger partial charge in [0.2, 0.25) is 5.91 Å². The van der Waals surface area contributed by atoms with E-state index in [1.165, 1.54) is 28.7 Å². The van der Waals surface area contributed by atoms with Crippen molar-refractivity contribution in [1.29, 1.82) is 0 Å². The Morgan fingerprint density at radius 2 is 1.91 bits per heavy atom. The van der Waals surface area contributed by atoms with Gasteiger partial charge in [-0.2, -0.15) is 0 Å². The number of carbonyl (C=O) groups is 1. The first-order valence-electron chi connectivity index (χ1n) is 7.75. The van der Waals surface area contributed by atoms with Crippen LogP contribution in [0.3, 0.4) is 0 Å². The highest BCUT2D eigenvalue weighted by Crippen LogP contribution is 2.22. The summed E-state index contributed by atoms with van der Waals surface area (Å²) in [6.45, 7) is 8.35. The van der Waals surface area contributed by atoms with E-state index in [0.29, 0.717) is 11.7 Å². The van der Waals surface area contributed by atoms with Crippen LogP contribution in [0.15, 0.2) is 28.6 Å².